The molecule has 1 aliphatic rings. The fourth-order valence-corrected chi connectivity index (χ4v) is 1.70. The van der Waals surface area contributed by atoms with Crippen molar-refractivity contribution in [2.24, 2.45) is 5.73 Å². The summed E-state index contributed by atoms with van der Waals surface area (Å²) in [5, 5.41) is 7.28. The Morgan fingerprint density at radius 2 is 1.69 bits per heavy atom. The second-order valence-electron chi connectivity index (χ2n) is 3.66. The molecule has 2 rings (SSSR count). The third-order valence-electron chi connectivity index (χ3n) is 2.66. The lowest BCUT2D eigenvalue weighted by Gasteiger charge is -2.20. The van der Waals surface area contributed by atoms with Gasteiger partial charge < -0.3 is 5.73 Å². The Morgan fingerprint density at radius 1 is 1.25 bits per heavy atom. The van der Waals surface area contributed by atoms with Gasteiger partial charge in [-0.2, -0.15) is 0 Å². The van der Waals surface area contributed by atoms with Crippen LogP contribution < -0.4 is 5.73 Å². The average Bonchev–Trinajstić information content (AvgIpc) is 2.52. The molecule has 0 saturated heterocycles. The molecule has 5 nitrogen and oxygen atoms in total. The van der Waals surface area contributed by atoms with E-state index in [1.165, 1.54) is 0 Å². The average molecular weight is 217 g/mol. The van der Waals surface area contributed by atoms with Crippen LogP contribution in [-0.2, 0) is 0 Å². The van der Waals surface area contributed by atoms with Crippen LogP contribution in [0.5, 0.6) is 0 Å². The van der Waals surface area contributed by atoms with Crippen LogP contribution in [0.3, 0.4) is 0 Å². The number of fused-ring (bicyclic) bond motifs is 1. The second kappa shape index (κ2) is 3.44. The van der Waals surface area contributed by atoms with Gasteiger partial charge in [-0.15, -0.1) is 0 Å². The summed E-state index contributed by atoms with van der Waals surface area (Å²) in [6.07, 6.45) is 0. The molecule has 3 N–H and O–H groups in total. The maximum Gasteiger partial charge on any atom is 0.262 e. The van der Waals surface area contributed by atoms with E-state index in [0.29, 0.717) is 11.1 Å². The molecule has 2 amide bonds. The quantitative estimate of drug-likeness (QED) is 0.432. The van der Waals surface area contributed by atoms with Crippen molar-refractivity contribution in [3.05, 3.63) is 35.4 Å². The monoisotopic (exact) mass is 217 g/mol. The maximum atomic E-state index is 11.9. The second-order valence-corrected chi connectivity index (χ2v) is 3.66. The summed E-state index contributed by atoms with van der Waals surface area (Å²) in [5.41, 5.74) is 6.06. The Kier molecular flexibility index (Phi) is 2.23. The summed E-state index contributed by atoms with van der Waals surface area (Å²) in [6.45, 7) is 1.56. The molecule has 1 aliphatic heterocycles. The highest BCUT2D eigenvalue weighted by Crippen LogP contribution is 2.24. The van der Waals surface area contributed by atoms with Gasteiger partial charge in [0.15, 0.2) is 0 Å². The fraction of sp³-hybridized carbons (Fsp3) is 0.182. The molecule has 16 heavy (non-hydrogen) atoms. The number of amides is 2. The molecule has 5 heteroatoms. The van der Waals surface area contributed by atoms with Crippen LogP contribution in [0.15, 0.2) is 24.3 Å². The van der Waals surface area contributed by atoms with E-state index in [-0.39, 0.29) is 17.6 Å². The molecular formula is C11H11N3O2. The zero-order valence-corrected chi connectivity index (χ0v) is 8.73. The van der Waals surface area contributed by atoms with Crippen molar-refractivity contribution in [3.8, 4) is 0 Å². The molecule has 1 aromatic carbocycles. The van der Waals surface area contributed by atoms with Gasteiger partial charge in [0, 0.05) is 0 Å². The molecule has 0 fully saturated rings. The molecule has 0 radical (unpaired) electrons. The number of imide groups is 1. The largest absolute Gasteiger partial charge is 0.386 e. The molecule has 0 spiro atoms. The van der Waals surface area contributed by atoms with Gasteiger partial charge in [0.25, 0.3) is 11.8 Å². The summed E-state index contributed by atoms with van der Waals surface area (Å²) in [6, 6.07) is 5.90. The standard InChI is InChI=1S/C11H11N3O2/c1-6(9(12)13)14-10(15)7-4-2-3-5-8(7)11(14)16/h2-6H,1H3,(H3,12,13). The van der Waals surface area contributed by atoms with Crippen LogP contribution in [0.1, 0.15) is 27.6 Å². The number of carbonyl (C=O) groups excluding carboxylic acids is 2. The van der Waals surface area contributed by atoms with Crippen molar-refractivity contribution in [1.82, 2.24) is 4.90 Å². The molecule has 0 saturated carbocycles. The van der Waals surface area contributed by atoms with E-state index in [4.69, 9.17) is 11.1 Å². The van der Waals surface area contributed by atoms with Gasteiger partial charge in [-0.25, -0.2) is 0 Å². The molecule has 1 aromatic rings. The first kappa shape index (κ1) is 10.4. The number of nitrogens with zero attached hydrogens (tertiary/aromatic N) is 1. The van der Waals surface area contributed by atoms with Gasteiger partial charge >= 0.3 is 0 Å². The first-order valence-corrected chi connectivity index (χ1v) is 4.85. The molecule has 1 unspecified atom stereocenters. The molecule has 0 aromatic heterocycles. The predicted octanol–water partition coefficient (Wildman–Crippen LogP) is 0.607. The Hall–Kier alpha value is -2.17. The van der Waals surface area contributed by atoms with E-state index in [2.05, 4.69) is 0 Å². The minimum atomic E-state index is -0.701. The first-order valence-electron chi connectivity index (χ1n) is 4.85. The zero-order valence-electron chi connectivity index (χ0n) is 8.73. The van der Waals surface area contributed by atoms with Crippen molar-refractivity contribution in [2.45, 2.75) is 13.0 Å². The maximum absolute atomic E-state index is 11.9. The summed E-state index contributed by atoms with van der Waals surface area (Å²) >= 11 is 0. The van der Waals surface area contributed by atoms with E-state index < -0.39 is 6.04 Å². The van der Waals surface area contributed by atoms with Gasteiger partial charge in [-0.05, 0) is 19.1 Å². The van der Waals surface area contributed by atoms with Crippen LogP contribution in [0, 0.1) is 5.41 Å². The highest BCUT2D eigenvalue weighted by Gasteiger charge is 2.38. The van der Waals surface area contributed by atoms with Crippen molar-refractivity contribution < 1.29 is 9.59 Å². The van der Waals surface area contributed by atoms with E-state index in [9.17, 15) is 9.59 Å². The van der Waals surface area contributed by atoms with Crippen LogP contribution in [0.2, 0.25) is 0 Å². The van der Waals surface area contributed by atoms with Gasteiger partial charge in [0.2, 0.25) is 0 Å². The highest BCUT2D eigenvalue weighted by molar-refractivity contribution is 6.22. The Labute approximate surface area is 92.4 Å². The van der Waals surface area contributed by atoms with E-state index in [1.54, 1.807) is 31.2 Å². The van der Waals surface area contributed by atoms with Crippen LogP contribution >= 0.6 is 0 Å². The topological polar surface area (TPSA) is 87.2 Å². The zero-order chi connectivity index (χ0) is 11.9. The molecule has 0 aliphatic carbocycles. The third-order valence-corrected chi connectivity index (χ3v) is 2.66. The number of rotatable bonds is 2. The number of hydrogen-bond donors (Lipinski definition) is 2. The van der Waals surface area contributed by atoms with Gasteiger partial charge in [0.1, 0.15) is 5.84 Å². The molecular weight excluding hydrogens is 206 g/mol. The minimum Gasteiger partial charge on any atom is -0.386 e. The number of amidine groups is 1. The number of nitrogens with one attached hydrogen (secondary N) is 1. The van der Waals surface area contributed by atoms with E-state index in [1.807, 2.05) is 0 Å². The Morgan fingerprint density at radius 3 is 2.06 bits per heavy atom. The van der Waals surface area contributed by atoms with Gasteiger partial charge in [0.05, 0.1) is 17.2 Å². The van der Waals surface area contributed by atoms with Crippen LogP contribution in [-0.4, -0.2) is 28.6 Å². The molecule has 0 bridgehead atoms. The third kappa shape index (κ3) is 1.29. The molecule has 1 heterocycles. The molecule has 1 atom stereocenters. The number of nitrogens with two attached hydrogens (primary N) is 1. The van der Waals surface area contributed by atoms with Crippen molar-refractivity contribution in [3.63, 3.8) is 0 Å². The summed E-state index contributed by atoms with van der Waals surface area (Å²) in [7, 11) is 0. The van der Waals surface area contributed by atoms with Gasteiger partial charge in [-0.1, -0.05) is 12.1 Å². The lowest BCUT2D eigenvalue weighted by molar-refractivity contribution is 0.0634. The SMILES string of the molecule is CC(C(=N)N)N1C(=O)c2ccccc2C1=O. The van der Waals surface area contributed by atoms with E-state index >= 15 is 0 Å². The number of carbonyl (C=O) groups is 2. The lowest BCUT2D eigenvalue weighted by Crippen LogP contribution is -2.45. The number of benzene rings is 1. The fourth-order valence-electron chi connectivity index (χ4n) is 1.70. The summed E-state index contributed by atoms with van der Waals surface area (Å²) in [5.74, 6) is -0.971. The van der Waals surface area contributed by atoms with Crippen LogP contribution in [0.4, 0.5) is 0 Å². The van der Waals surface area contributed by atoms with Crippen molar-refractivity contribution >= 4 is 17.6 Å². The van der Waals surface area contributed by atoms with Crippen molar-refractivity contribution in [1.29, 1.82) is 5.41 Å². The Balaban J connectivity index is 2.46. The van der Waals surface area contributed by atoms with Crippen LogP contribution in [0.25, 0.3) is 0 Å². The predicted molar refractivity (Wildman–Crippen MR) is 58.3 cm³/mol. The molecule has 82 valence electrons. The highest BCUT2D eigenvalue weighted by atomic mass is 16.2. The van der Waals surface area contributed by atoms with E-state index in [0.717, 1.165) is 4.90 Å². The lowest BCUT2D eigenvalue weighted by atomic mass is 10.1. The summed E-state index contributed by atoms with van der Waals surface area (Å²) in [4.78, 5) is 24.8. The number of hydrogen-bond acceptors (Lipinski definition) is 3. The van der Waals surface area contributed by atoms with Gasteiger partial charge in [-0.3, -0.25) is 19.9 Å². The van der Waals surface area contributed by atoms with Crippen molar-refractivity contribution in [2.75, 3.05) is 0 Å². The minimum absolute atomic E-state index is 0.200. The Bertz CT molecular complexity index is 461. The smallest absolute Gasteiger partial charge is 0.262 e. The first-order chi connectivity index (χ1) is 7.54. The normalized spacial score (nSPS) is 16.2. The summed E-state index contributed by atoms with van der Waals surface area (Å²) < 4.78 is 0.